The molecule has 0 aliphatic carbocycles. The smallest absolute Gasteiger partial charge is 0.348 e. The molecule has 12 nitrogen and oxygen atoms in total. The summed E-state index contributed by atoms with van der Waals surface area (Å²) in [6.45, 7) is 2.92. The van der Waals surface area contributed by atoms with Crippen LogP contribution in [0.25, 0.3) is 0 Å². The van der Waals surface area contributed by atoms with E-state index in [0.717, 1.165) is 22.9 Å². The predicted octanol–water partition coefficient (Wildman–Crippen LogP) is 0.119. The van der Waals surface area contributed by atoms with Crippen molar-refractivity contribution in [2.45, 2.75) is 44.0 Å². The molecule has 2 heterocycles. The third-order valence-corrected chi connectivity index (χ3v) is 6.43. The van der Waals surface area contributed by atoms with E-state index in [9.17, 15) is 23.6 Å². The lowest BCUT2D eigenvalue weighted by Crippen LogP contribution is -2.39. The van der Waals surface area contributed by atoms with Crippen molar-refractivity contribution >= 4 is 15.2 Å². The van der Waals surface area contributed by atoms with Gasteiger partial charge in [0.2, 0.25) is 0 Å². The molecule has 0 saturated carbocycles. The maximum absolute atomic E-state index is 12.4. The quantitative estimate of drug-likeness (QED) is 0.426. The van der Waals surface area contributed by atoms with Crippen LogP contribution in [0, 0.1) is 0 Å². The molecule has 0 radical (unpaired) electrons. The Hall–Kier alpha value is -1.36. The van der Waals surface area contributed by atoms with E-state index in [1.165, 1.54) is 21.0 Å². The summed E-state index contributed by atoms with van der Waals surface area (Å²) >= 11 is 0. The largest absolute Gasteiger partial charge is 0.374 e. The fraction of sp³-hybridized carbons (Fsp3) is 0.571. The molecule has 5 atom stereocenters. The van der Waals surface area contributed by atoms with Gasteiger partial charge in [-0.25, -0.2) is 4.79 Å². The van der Waals surface area contributed by atoms with E-state index in [-0.39, 0.29) is 0 Å². The zero-order valence-corrected chi connectivity index (χ0v) is 17.0. The van der Waals surface area contributed by atoms with Gasteiger partial charge in [-0.05, 0) is 6.08 Å². The highest BCUT2D eigenvalue weighted by Gasteiger charge is 2.49. The fourth-order valence-corrected chi connectivity index (χ4v) is 3.76. The summed E-state index contributed by atoms with van der Waals surface area (Å²) < 4.78 is 40.8. The molecule has 1 aliphatic rings. The molecule has 4 N–H and O–H groups in total. The van der Waals surface area contributed by atoms with Crippen molar-refractivity contribution in [2.75, 3.05) is 7.11 Å². The van der Waals surface area contributed by atoms with Crippen LogP contribution in [0.3, 0.4) is 0 Å². The van der Waals surface area contributed by atoms with Gasteiger partial charge in [0.15, 0.2) is 6.23 Å². The first-order chi connectivity index (χ1) is 12.9. The topological polar surface area (TPSA) is 177 Å². The molecule has 1 unspecified atom stereocenters. The van der Waals surface area contributed by atoms with Crippen molar-refractivity contribution < 1.29 is 37.8 Å². The van der Waals surface area contributed by atoms with Gasteiger partial charge in [0, 0.05) is 25.2 Å². The third-order valence-electron chi connectivity index (χ3n) is 4.02. The minimum absolute atomic E-state index is 0.566. The number of nitrogens with one attached hydrogen (secondary N) is 1. The number of H-pyrrole nitrogens is 1. The highest BCUT2D eigenvalue weighted by Crippen LogP contribution is 2.52. The molecule has 1 aliphatic heterocycles. The van der Waals surface area contributed by atoms with Gasteiger partial charge in [0.05, 0.1) is 5.66 Å². The van der Waals surface area contributed by atoms with Crippen LogP contribution in [0.5, 0.6) is 0 Å². The minimum atomic E-state index is -4.56. The second-order valence-electron chi connectivity index (χ2n) is 6.37. The highest BCUT2D eigenvalue weighted by atomic mass is 31.2. The lowest BCUT2D eigenvalue weighted by Gasteiger charge is -2.26. The SMILES string of the molecule is CO[C@@H]1[C@H](OP(=O)(O)C(C)C)[C@@H](/C=C/P(=O)(O)O)O[C@H]1n1ccc(=O)[nH]c1=O. The van der Waals surface area contributed by atoms with E-state index in [0.29, 0.717) is 5.82 Å². The molecule has 14 heteroatoms. The Labute approximate surface area is 159 Å². The summed E-state index contributed by atoms with van der Waals surface area (Å²) in [5, 5.41) is 0. The normalized spacial score (nSPS) is 28.1. The Morgan fingerprint density at radius 1 is 1.25 bits per heavy atom. The lowest BCUT2D eigenvalue weighted by atomic mass is 10.1. The summed E-state index contributed by atoms with van der Waals surface area (Å²) in [4.78, 5) is 53.6. The first-order valence-corrected chi connectivity index (χ1v) is 11.4. The van der Waals surface area contributed by atoms with Gasteiger partial charge in [-0.1, -0.05) is 13.8 Å². The van der Waals surface area contributed by atoms with Crippen molar-refractivity contribution in [3.63, 3.8) is 0 Å². The van der Waals surface area contributed by atoms with Crippen LogP contribution in [-0.2, 0) is 23.1 Å². The fourth-order valence-electron chi connectivity index (χ4n) is 2.54. The van der Waals surface area contributed by atoms with Gasteiger partial charge in [0.25, 0.3) is 5.56 Å². The molecule has 1 saturated heterocycles. The van der Waals surface area contributed by atoms with E-state index >= 15 is 0 Å². The van der Waals surface area contributed by atoms with Gasteiger partial charge >= 0.3 is 20.9 Å². The second kappa shape index (κ2) is 8.56. The van der Waals surface area contributed by atoms with Crippen molar-refractivity contribution in [3.8, 4) is 0 Å². The molecule has 0 bridgehead atoms. The summed E-state index contributed by atoms with van der Waals surface area (Å²) in [5.74, 6) is 0.566. The van der Waals surface area contributed by atoms with E-state index in [2.05, 4.69) is 0 Å². The number of rotatable bonds is 7. The number of hydrogen-bond acceptors (Lipinski definition) is 7. The number of nitrogens with zero attached hydrogens (tertiary/aromatic N) is 1. The van der Waals surface area contributed by atoms with Gasteiger partial charge in [-0.2, -0.15) is 0 Å². The van der Waals surface area contributed by atoms with Crippen LogP contribution in [0.1, 0.15) is 20.1 Å². The predicted molar refractivity (Wildman–Crippen MR) is 97.0 cm³/mol. The highest BCUT2D eigenvalue weighted by molar-refractivity contribution is 7.55. The van der Waals surface area contributed by atoms with Crippen LogP contribution < -0.4 is 11.2 Å². The molecule has 0 spiro atoms. The minimum Gasteiger partial charge on any atom is -0.374 e. The third kappa shape index (κ3) is 5.37. The Kier molecular flexibility index (Phi) is 7.01. The van der Waals surface area contributed by atoms with E-state index in [1.807, 2.05) is 4.98 Å². The summed E-state index contributed by atoms with van der Waals surface area (Å²) in [7, 11) is -7.44. The zero-order valence-electron chi connectivity index (χ0n) is 15.2. The van der Waals surface area contributed by atoms with E-state index in [4.69, 9.17) is 23.8 Å². The molecule has 0 amide bonds. The van der Waals surface area contributed by atoms with Gasteiger partial charge in [-0.3, -0.25) is 28.0 Å². The Bertz CT molecular complexity index is 933. The van der Waals surface area contributed by atoms with Crippen molar-refractivity contribution in [2.24, 2.45) is 0 Å². The van der Waals surface area contributed by atoms with Crippen LogP contribution >= 0.6 is 15.2 Å². The maximum atomic E-state index is 12.4. The van der Waals surface area contributed by atoms with Crippen LogP contribution in [0.15, 0.2) is 33.7 Å². The monoisotopic (exact) mass is 440 g/mol. The number of ether oxygens (including phenoxy) is 2. The molecule has 2 rings (SSSR count). The first kappa shape index (κ1) is 22.9. The molecular formula is C14H22N2O10P2. The summed E-state index contributed by atoms with van der Waals surface area (Å²) in [6.07, 6.45) is -2.66. The van der Waals surface area contributed by atoms with Gasteiger partial charge < -0.3 is 24.2 Å². The molecule has 28 heavy (non-hydrogen) atoms. The molecule has 1 fully saturated rings. The second-order valence-corrected chi connectivity index (χ2v) is 10.2. The first-order valence-electron chi connectivity index (χ1n) is 8.11. The van der Waals surface area contributed by atoms with Crippen LogP contribution in [0.2, 0.25) is 0 Å². The van der Waals surface area contributed by atoms with E-state index in [1.54, 1.807) is 0 Å². The van der Waals surface area contributed by atoms with E-state index < -0.39 is 56.6 Å². The number of methoxy groups -OCH3 is 1. The summed E-state index contributed by atoms with van der Waals surface area (Å²) in [6, 6.07) is 1.07. The summed E-state index contributed by atoms with van der Waals surface area (Å²) in [5.41, 5.74) is -2.24. The average molecular weight is 440 g/mol. The molecule has 1 aromatic heterocycles. The molecule has 158 valence electrons. The zero-order chi connectivity index (χ0) is 21.3. The average Bonchev–Trinajstić information content (AvgIpc) is 2.88. The maximum Gasteiger partial charge on any atom is 0.348 e. The number of hydrogen-bond donors (Lipinski definition) is 4. The van der Waals surface area contributed by atoms with Crippen LogP contribution in [0.4, 0.5) is 0 Å². The standard InChI is InChI=1S/C14H22N2O10P2/c1-8(2)28(22,23)26-11-9(5-7-27(19,20)21)25-13(12(11)24-3)16-6-4-10(17)15-14(16)18/h4-9,11-13H,1-3H3,(H,22,23)(H,15,17,18)(H2,19,20,21)/b7-5+/t9-,11-,12-,13-/m1/s1. The van der Waals surface area contributed by atoms with Gasteiger partial charge in [-0.15, -0.1) is 0 Å². The van der Waals surface area contributed by atoms with Crippen LogP contribution in [-0.4, -0.2) is 55.3 Å². The molecular weight excluding hydrogens is 418 g/mol. The van der Waals surface area contributed by atoms with Crippen molar-refractivity contribution in [1.29, 1.82) is 0 Å². The number of aromatic amines is 1. The number of aromatic nitrogens is 2. The molecule has 0 aromatic carbocycles. The lowest BCUT2D eigenvalue weighted by molar-refractivity contribution is -0.0480. The Morgan fingerprint density at radius 2 is 1.89 bits per heavy atom. The van der Waals surface area contributed by atoms with Gasteiger partial charge in [0.1, 0.15) is 18.3 Å². The van der Waals surface area contributed by atoms with Crippen molar-refractivity contribution in [3.05, 3.63) is 45.0 Å². The molecule has 1 aromatic rings. The Balaban J connectivity index is 2.48. The van der Waals surface area contributed by atoms with Crippen molar-refractivity contribution in [1.82, 2.24) is 9.55 Å². The Morgan fingerprint density at radius 3 is 2.39 bits per heavy atom.